The second kappa shape index (κ2) is 7.40. The SMILES string of the molecule is Nc1ncnc(-c2ccc3c(c2)CCCCC3)c1OC[C@@H]1CCCN1. The number of nitrogen functional groups attached to an aromatic ring is 1. The summed E-state index contributed by atoms with van der Waals surface area (Å²) in [5, 5.41) is 3.45. The molecule has 2 aliphatic rings. The fourth-order valence-electron chi connectivity index (χ4n) is 3.88. The van der Waals surface area contributed by atoms with Gasteiger partial charge in [0, 0.05) is 11.6 Å². The van der Waals surface area contributed by atoms with Gasteiger partial charge in [-0.15, -0.1) is 0 Å². The van der Waals surface area contributed by atoms with Crippen LogP contribution < -0.4 is 15.8 Å². The van der Waals surface area contributed by atoms with Crippen LogP contribution in [0.2, 0.25) is 0 Å². The molecule has 2 heterocycles. The van der Waals surface area contributed by atoms with Crippen molar-refractivity contribution in [3.05, 3.63) is 35.7 Å². The minimum atomic E-state index is 0.388. The average molecular weight is 338 g/mol. The lowest BCUT2D eigenvalue weighted by Gasteiger charge is -2.16. The van der Waals surface area contributed by atoms with E-state index in [2.05, 4.69) is 33.5 Å². The van der Waals surface area contributed by atoms with Crippen molar-refractivity contribution in [2.45, 2.75) is 51.0 Å². The Labute approximate surface area is 149 Å². The van der Waals surface area contributed by atoms with Gasteiger partial charge in [0.25, 0.3) is 0 Å². The normalized spacial score (nSPS) is 20.1. The highest BCUT2D eigenvalue weighted by Gasteiger charge is 2.19. The number of rotatable bonds is 4. The van der Waals surface area contributed by atoms with Crippen molar-refractivity contribution in [1.29, 1.82) is 0 Å². The van der Waals surface area contributed by atoms with Gasteiger partial charge in [-0.25, -0.2) is 9.97 Å². The maximum atomic E-state index is 6.11. The van der Waals surface area contributed by atoms with E-state index < -0.39 is 0 Å². The zero-order valence-corrected chi connectivity index (χ0v) is 14.6. The van der Waals surface area contributed by atoms with Gasteiger partial charge in [-0.2, -0.15) is 0 Å². The zero-order chi connectivity index (χ0) is 17.1. The number of hydrogen-bond donors (Lipinski definition) is 2. The lowest BCUT2D eigenvalue weighted by atomic mass is 9.98. The van der Waals surface area contributed by atoms with Crippen molar-refractivity contribution in [2.75, 3.05) is 18.9 Å². The first-order valence-electron chi connectivity index (χ1n) is 9.40. The van der Waals surface area contributed by atoms with Crippen molar-refractivity contribution in [1.82, 2.24) is 15.3 Å². The first-order valence-corrected chi connectivity index (χ1v) is 9.40. The first kappa shape index (κ1) is 16.3. The van der Waals surface area contributed by atoms with Crippen molar-refractivity contribution in [3.8, 4) is 17.0 Å². The molecular weight excluding hydrogens is 312 g/mol. The van der Waals surface area contributed by atoms with E-state index in [0.29, 0.717) is 24.2 Å². The van der Waals surface area contributed by atoms with E-state index in [9.17, 15) is 0 Å². The third kappa shape index (κ3) is 3.61. The number of nitrogens with one attached hydrogen (secondary N) is 1. The third-order valence-corrected chi connectivity index (χ3v) is 5.29. The van der Waals surface area contributed by atoms with Crippen LogP contribution in [0.4, 0.5) is 5.82 Å². The molecule has 3 N–H and O–H groups in total. The molecule has 2 aromatic rings. The van der Waals surface area contributed by atoms with Gasteiger partial charge >= 0.3 is 0 Å². The van der Waals surface area contributed by atoms with Gasteiger partial charge in [0.15, 0.2) is 11.6 Å². The maximum Gasteiger partial charge on any atom is 0.187 e. The van der Waals surface area contributed by atoms with Gasteiger partial charge in [-0.1, -0.05) is 18.6 Å². The molecule has 1 aromatic heterocycles. The summed E-state index contributed by atoms with van der Waals surface area (Å²) in [5.41, 5.74) is 10.9. The Morgan fingerprint density at radius 3 is 2.80 bits per heavy atom. The Morgan fingerprint density at radius 1 is 1.08 bits per heavy atom. The largest absolute Gasteiger partial charge is 0.486 e. The van der Waals surface area contributed by atoms with Crippen LogP contribution in [-0.4, -0.2) is 29.2 Å². The quantitative estimate of drug-likeness (QED) is 0.838. The molecule has 1 aromatic carbocycles. The van der Waals surface area contributed by atoms with Gasteiger partial charge in [0.2, 0.25) is 0 Å². The summed E-state index contributed by atoms with van der Waals surface area (Å²) in [5.74, 6) is 1.03. The summed E-state index contributed by atoms with van der Waals surface area (Å²) in [4.78, 5) is 8.63. The van der Waals surface area contributed by atoms with Crippen LogP contribution in [0.25, 0.3) is 11.3 Å². The molecule has 1 aliphatic heterocycles. The summed E-state index contributed by atoms with van der Waals surface area (Å²) in [7, 11) is 0. The zero-order valence-electron chi connectivity index (χ0n) is 14.6. The Balaban J connectivity index is 1.63. The number of aromatic nitrogens is 2. The molecule has 4 rings (SSSR count). The monoisotopic (exact) mass is 338 g/mol. The smallest absolute Gasteiger partial charge is 0.187 e. The summed E-state index contributed by atoms with van der Waals surface area (Å²) in [6.07, 6.45) is 10.1. The Morgan fingerprint density at radius 2 is 1.96 bits per heavy atom. The van der Waals surface area contributed by atoms with Gasteiger partial charge < -0.3 is 15.8 Å². The Bertz CT molecular complexity index is 740. The molecule has 1 atom stereocenters. The molecule has 0 radical (unpaired) electrons. The average Bonchev–Trinajstić information content (AvgIpc) is 3.04. The summed E-state index contributed by atoms with van der Waals surface area (Å²) in [6, 6.07) is 7.05. The van der Waals surface area contributed by atoms with Gasteiger partial charge in [0.05, 0.1) is 0 Å². The fourth-order valence-corrected chi connectivity index (χ4v) is 3.88. The van der Waals surface area contributed by atoms with Crippen LogP contribution in [0.3, 0.4) is 0 Å². The highest BCUT2D eigenvalue weighted by atomic mass is 16.5. The number of fused-ring (bicyclic) bond motifs is 1. The minimum absolute atomic E-state index is 0.388. The predicted molar refractivity (Wildman–Crippen MR) is 99.7 cm³/mol. The van der Waals surface area contributed by atoms with Crippen molar-refractivity contribution >= 4 is 5.82 Å². The minimum Gasteiger partial charge on any atom is -0.486 e. The van der Waals surface area contributed by atoms with Crippen molar-refractivity contribution < 1.29 is 4.74 Å². The molecule has 0 amide bonds. The van der Waals surface area contributed by atoms with E-state index in [0.717, 1.165) is 30.6 Å². The number of nitrogens with zero attached hydrogens (tertiary/aromatic N) is 2. The first-order chi connectivity index (χ1) is 12.3. The molecule has 1 fully saturated rings. The van der Waals surface area contributed by atoms with Crippen molar-refractivity contribution in [3.63, 3.8) is 0 Å². The molecule has 132 valence electrons. The number of nitrogens with two attached hydrogens (primary N) is 1. The molecule has 5 nitrogen and oxygen atoms in total. The molecule has 0 bridgehead atoms. The van der Waals surface area contributed by atoms with Crippen LogP contribution in [0, 0.1) is 0 Å². The van der Waals surface area contributed by atoms with Crippen LogP contribution in [-0.2, 0) is 12.8 Å². The topological polar surface area (TPSA) is 73.1 Å². The van der Waals surface area contributed by atoms with Gasteiger partial charge in [-0.3, -0.25) is 0 Å². The third-order valence-electron chi connectivity index (χ3n) is 5.29. The highest BCUT2D eigenvalue weighted by molar-refractivity contribution is 5.72. The van der Waals surface area contributed by atoms with E-state index in [1.807, 2.05) is 0 Å². The molecule has 0 saturated carbocycles. The van der Waals surface area contributed by atoms with E-state index in [4.69, 9.17) is 10.5 Å². The predicted octanol–water partition coefficient (Wildman–Crippen LogP) is 3.13. The summed E-state index contributed by atoms with van der Waals surface area (Å²) < 4.78 is 6.06. The number of benzene rings is 1. The maximum absolute atomic E-state index is 6.11. The van der Waals surface area contributed by atoms with Gasteiger partial charge in [-0.05, 0) is 62.3 Å². The van der Waals surface area contributed by atoms with Crippen molar-refractivity contribution in [2.24, 2.45) is 0 Å². The standard InChI is InChI=1S/C20H26N4O/c21-20-19(25-12-17-7-4-10-22-17)18(23-13-24-20)16-9-8-14-5-2-1-3-6-15(14)11-16/h8-9,11,13,17,22H,1-7,10,12H2,(H2,21,23,24)/t17-/m0/s1. The molecule has 1 aliphatic carbocycles. The molecule has 1 saturated heterocycles. The van der Waals surface area contributed by atoms with Gasteiger partial charge in [0.1, 0.15) is 18.6 Å². The number of aryl methyl sites for hydroxylation is 2. The fraction of sp³-hybridized carbons (Fsp3) is 0.500. The summed E-state index contributed by atoms with van der Waals surface area (Å²) >= 11 is 0. The van der Waals surface area contributed by atoms with Crippen LogP contribution >= 0.6 is 0 Å². The molecular formula is C20H26N4O. The molecule has 0 spiro atoms. The number of anilines is 1. The number of hydrogen-bond acceptors (Lipinski definition) is 5. The second-order valence-corrected chi connectivity index (χ2v) is 7.09. The van der Waals surface area contributed by atoms with E-state index >= 15 is 0 Å². The van der Waals surface area contributed by atoms with Crippen LogP contribution in [0.15, 0.2) is 24.5 Å². The van der Waals surface area contributed by atoms with E-state index in [-0.39, 0.29) is 0 Å². The highest BCUT2D eigenvalue weighted by Crippen LogP contribution is 2.34. The Kier molecular flexibility index (Phi) is 4.83. The molecule has 5 heteroatoms. The molecule has 0 unspecified atom stereocenters. The lowest BCUT2D eigenvalue weighted by molar-refractivity contribution is 0.278. The number of ether oxygens (including phenoxy) is 1. The Hall–Kier alpha value is -2.14. The second-order valence-electron chi connectivity index (χ2n) is 7.09. The molecule has 25 heavy (non-hydrogen) atoms. The van der Waals surface area contributed by atoms with E-state index in [1.54, 1.807) is 0 Å². The van der Waals surface area contributed by atoms with Crippen LogP contribution in [0.1, 0.15) is 43.2 Å². The lowest BCUT2D eigenvalue weighted by Crippen LogP contribution is -2.28. The summed E-state index contributed by atoms with van der Waals surface area (Å²) in [6.45, 7) is 1.67. The van der Waals surface area contributed by atoms with Crippen LogP contribution in [0.5, 0.6) is 5.75 Å². The van der Waals surface area contributed by atoms with E-state index in [1.165, 1.54) is 49.6 Å².